The van der Waals surface area contributed by atoms with Crippen molar-refractivity contribution in [3.8, 4) is 5.75 Å². The highest BCUT2D eigenvalue weighted by Crippen LogP contribution is 2.19. The summed E-state index contributed by atoms with van der Waals surface area (Å²) in [5.74, 6) is 0.483. The van der Waals surface area contributed by atoms with Crippen LogP contribution in [0.3, 0.4) is 0 Å². The second kappa shape index (κ2) is 9.79. The first-order valence-corrected chi connectivity index (χ1v) is 8.47. The van der Waals surface area contributed by atoms with E-state index in [4.69, 9.17) is 4.74 Å². The molecule has 134 valence electrons. The molecule has 1 amide bonds. The molecule has 2 aromatic carbocycles. The van der Waals surface area contributed by atoms with E-state index >= 15 is 0 Å². The molecule has 0 unspecified atom stereocenters. The fourth-order valence-electron chi connectivity index (χ4n) is 2.43. The summed E-state index contributed by atoms with van der Waals surface area (Å²) in [5, 5.41) is 6.13. The van der Waals surface area contributed by atoms with Crippen LogP contribution in [0.25, 0.3) is 0 Å². The summed E-state index contributed by atoms with van der Waals surface area (Å²) in [4.78, 5) is 10.8. The van der Waals surface area contributed by atoms with E-state index in [9.17, 15) is 9.18 Å². The summed E-state index contributed by atoms with van der Waals surface area (Å²) in [7, 11) is 0. The third-order valence-electron chi connectivity index (χ3n) is 3.89. The Kier molecular flexibility index (Phi) is 7.41. The van der Waals surface area contributed by atoms with Gasteiger partial charge in [-0.25, -0.2) is 4.39 Å². The van der Waals surface area contributed by atoms with Crippen molar-refractivity contribution in [2.45, 2.75) is 33.4 Å². The largest absolute Gasteiger partial charge is 0.489 e. The highest BCUT2D eigenvalue weighted by Gasteiger charge is 2.04. The van der Waals surface area contributed by atoms with E-state index in [0.29, 0.717) is 12.1 Å². The average Bonchev–Trinajstić information content (AvgIpc) is 2.58. The van der Waals surface area contributed by atoms with Gasteiger partial charge in [0.15, 0.2) is 0 Å². The molecular weight excluding hydrogens is 319 g/mol. The quantitative estimate of drug-likeness (QED) is 0.686. The summed E-state index contributed by atoms with van der Waals surface area (Å²) >= 11 is 0. The fraction of sp³-hybridized carbons (Fsp3) is 0.350. The molecule has 5 heteroatoms. The van der Waals surface area contributed by atoms with Crippen LogP contribution in [0.2, 0.25) is 0 Å². The van der Waals surface area contributed by atoms with E-state index in [1.807, 2.05) is 25.1 Å². The predicted octanol–water partition coefficient (Wildman–Crippen LogP) is 3.33. The van der Waals surface area contributed by atoms with Crippen molar-refractivity contribution in [3.05, 3.63) is 65.0 Å². The van der Waals surface area contributed by atoms with Gasteiger partial charge in [-0.05, 0) is 49.2 Å². The van der Waals surface area contributed by atoms with Gasteiger partial charge in [-0.2, -0.15) is 0 Å². The van der Waals surface area contributed by atoms with Gasteiger partial charge in [-0.3, -0.25) is 4.79 Å². The number of hydrogen-bond acceptors (Lipinski definition) is 3. The van der Waals surface area contributed by atoms with E-state index in [0.717, 1.165) is 30.8 Å². The zero-order valence-electron chi connectivity index (χ0n) is 14.8. The number of carbonyl (C=O) groups excluding carboxylic acids is 1. The lowest BCUT2D eigenvalue weighted by Gasteiger charge is -2.11. The number of rotatable bonds is 9. The van der Waals surface area contributed by atoms with Crippen LogP contribution in [-0.2, 0) is 17.9 Å². The highest BCUT2D eigenvalue weighted by molar-refractivity contribution is 5.72. The lowest BCUT2D eigenvalue weighted by molar-refractivity contribution is -0.118. The molecule has 2 aromatic rings. The van der Waals surface area contributed by atoms with Gasteiger partial charge in [0.25, 0.3) is 0 Å². The van der Waals surface area contributed by atoms with Gasteiger partial charge >= 0.3 is 0 Å². The summed E-state index contributed by atoms with van der Waals surface area (Å²) in [6.07, 6.45) is 0.891. The van der Waals surface area contributed by atoms with Crippen molar-refractivity contribution < 1.29 is 13.9 Å². The number of aryl methyl sites for hydroxylation is 1. The van der Waals surface area contributed by atoms with Gasteiger partial charge in [0.1, 0.15) is 18.2 Å². The van der Waals surface area contributed by atoms with Crippen LogP contribution in [-0.4, -0.2) is 19.0 Å². The van der Waals surface area contributed by atoms with Gasteiger partial charge in [0.05, 0.1) is 0 Å². The van der Waals surface area contributed by atoms with Gasteiger partial charge < -0.3 is 15.4 Å². The smallest absolute Gasteiger partial charge is 0.216 e. The number of carbonyl (C=O) groups is 1. The average molecular weight is 344 g/mol. The minimum Gasteiger partial charge on any atom is -0.489 e. The van der Waals surface area contributed by atoms with Gasteiger partial charge in [-0.15, -0.1) is 0 Å². The third-order valence-corrected chi connectivity index (χ3v) is 3.89. The Morgan fingerprint density at radius 2 is 1.92 bits per heavy atom. The predicted molar refractivity (Wildman–Crippen MR) is 96.9 cm³/mol. The highest BCUT2D eigenvalue weighted by atomic mass is 19.1. The minimum absolute atomic E-state index is 0.00168. The first-order valence-electron chi connectivity index (χ1n) is 8.47. The summed E-state index contributed by atoms with van der Waals surface area (Å²) in [5.41, 5.74) is 2.86. The third kappa shape index (κ3) is 6.55. The standard InChI is InChI=1S/C20H25FN2O2/c1-15-12-19(25-14-18-6-3-4-7-20(18)21)9-8-17(15)13-22-10-5-11-23-16(2)24/h3-4,6-9,12,22H,5,10-11,13-14H2,1-2H3,(H,23,24). The van der Waals surface area contributed by atoms with Crippen LogP contribution < -0.4 is 15.4 Å². The lowest BCUT2D eigenvalue weighted by atomic mass is 10.1. The Morgan fingerprint density at radius 3 is 2.64 bits per heavy atom. The molecule has 0 aliphatic rings. The van der Waals surface area contributed by atoms with Crippen molar-refractivity contribution in [1.82, 2.24) is 10.6 Å². The molecule has 0 saturated carbocycles. The van der Waals surface area contributed by atoms with E-state index in [-0.39, 0.29) is 18.3 Å². The number of benzene rings is 2. The van der Waals surface area contributed by atoms with E-state index < -0.39 is 0 Å². The van der Waals surface area contributed by atoms with E-state index in [1.54, 1.807) is 18.2 Å². The molecule has 2 N–H and O–H groups in total. The molecule has 0 aliphatic carbocycles. The first kappa shape index (κ1) is 18.9. The van der Waals surface area contributed by atoms with Crippen molar-refractivity contribution in [1.29, 1.82) is 0 Å². The number of ether oxygens (including phenoxy) is 1. The Balaban J connectivity index is 1.78. The van der Waals surface area contributed by atoms with Crippen LogP contribution in [0.15, 0.2) is 42.5 Å². The topological polar surface area (TPSA) is 50.4 Å². The maximum Gasteiger partial charge on any atom is 0.216 e. The van der Waals surface area contributed by atoms with E-state index in [1.165, 1.54) is 18.6 Å². The number of halogens is 1. The number of nitrogens with one attached hydrogen (secondary N) is 2. The maximum atomic E-state index is 13.6. The molecular formula is C20H25FN2O2. The summed E-state index contributed by atoms with van der Waals surface area (Å²) in [6.45, 7) is 6.05. The van der Waals surface area contributed by atoms with Gasteiger partial charge in [0, 0.05) is 25.6 Å². The normalized spacial score (nSPS) is 10.5. The molecule has 0 bridgehead atoms. The van der Waals surface area contributed by atoms with Crippen molar-refractivity contribution in [3.63, 3.8) is 0 Å². The molecule has 0 aliphatic heterocycles. The molecule has 0 spiro atoms. The monoisotopic (exact) mass is 344 g/mol. The Morgan fingerprint density at radius 1 is 1.12 bits per heavy atom. The second-order valence-electron chi connectivity index (χ2n) is 5.98. The van der Waals surface area contributed by atoms with Crippen LogP contribution >= 0.6 is 0 Å². The second-order valence-corrected chi connectivity index (χ2v) is 5.98. The Labute approximate surface area is 148 Å². The molecule has 4 nitrogen and oxygen atoms in total. The molecule has 25 heavy (non-hydrogen) atoms. The van der Waals surface area contributed by atoms with Crippen molar-refractivity contribution in [2.75, 3.05) is 13.1 Å². The first-order chi connectivity index (χ1) is 12.1. The van der Waals surface area contributed by atoms with Gasteiger partial charge in [-0.1, -0.05) is 24.3 Å². The van der Waals surface area contributed by atoms with Crippen LogP contribution in [0, 0.1) is 12.7 Å². The molecule has 2 rings (SSSR count). The number of hydrogen-bond donors (Lipinski definition) is 2. The summed E-state index contributed by atoms with van der Waals surface area (Å²) < 4.78 is 19.3. The maximum absolute atomic E-state index is 13.6. The van der Waals surface area contributed by atoms with Gasteiger partial charge in [0.2, 0.25) is 5.91 Å². The molecule has 0 radical (unpaired) electrons. The van der Waals surface area contributed by atoms with Crippen molar-refractivity contribution in [2.24, 2.45) is 0 Å². The fourth-order valence-corrected chi connectivity index (χ4v) is 2.43. The zero-order valence-corrected chi connectivity index (χ0v) is 14.8. The SMILES string of the molecule is CC(=O)NCCCNCc1ccc(OCc2ccccc2F)cc1C. The van der Waals surface area contributed by atoms with Crippen LogP contribution in [0.4, 0.5) is 4.39 Å². The summed E-state index contributed by atoms with van der Waals surface area (Å²) in [6, 6.07) is 12.5. The van der Waals surface area contributed by atoms with Crippen LogP contribution in [0.1, 0.15) is 30.0 Å². The molecule has 0 atom stereocenters. The van der Waals surface area contributed by atoms with Crippen molar-refractivity contribution >= 4 is 5.91 Å². The molecule has 0 saturated heterocycles. The van der Waals surface area contributed by atoms with E-state index in [2.05, 4.69) is 10.6 Å². The molecule has 0 heterocycles. The minimum atomic E-state index is -0.251. The number of amides is 1. The van der Waals surface area contributed by atoms with Crippen LogP contribution in [0.5, 0.6) is 5.75 Å². The Bertz CT molecular complexity index is 704. The Hall–Kier alpha value is -2.40. The molecule has 0 fully saturated rings. The zero-order chi connectivity index (χ0) is 18.1. The molecule has 0 aromatic heterocycles. The lowest BCUT2D eigenvalue weighted by Crippen LogP contribution is -2.25.